The zero-order valence-electron chi connectivity index (χ0n) is 7.85. The Morgan fingerprint density at radius 3 is 2.93 bits per heavy atom. The Kier molecular flexibility index (Phi) is 3.16. The van der Waals surface area contributed by atoms with Gasteiger partial charge >= 0.3 is 0 Å². The molecular weight excluding hydrogens is 280 g/mol. The first-order valence-corrected chi connectivity index (χ1v) is 6.40. The molecule has 0 radical (unpaired) electrons. The second-order valence-electron chi connectivity index (χ2n) is 3.17. The molecule has 1 heterocycles. The summed E-state index contributed by atoms with van der Waals surface area (Å²) in [5, 5.41) is 10.9. The van der Waals surface area contributed by atoms with Gasteiger partial charge in [0, 0.05) is 22.8 Å². The highest BCUT2D eigenvalue weighted by Crippen LogP contribution is 2.37. The summed E-state index contributed by atoms with van der Waals surface area (Å²) in [5.74, 6) is 1.85. The lowest BCUT2D eigenvalue weighted by Gasteiger charge is -2.17. The van der Waals surface area contributed by atoms with Crippen molar-refractivity contribution in [1.82, 2.24) is 0 Å². The van der Waals surface area contributed by atoms with Gasteiger partial charge in [-0.05, 0) is 22.0 Å². The van der Waals surface area contributed by atoms with Crippen LogP contribution in [-0.4, -0.2) is 23.1 Å². The van der Waals surface area contributed by atoms with Crippen LogP contribution in [0.1, 0.15) is 0 Å². The average Bonchev–Trinajstić information content (AvgIpc) is 2.70. The van der Waals surface area contributed by atoms with Crippen molar-refractivity contribution in [3.05, 3.63) is 32.8 Å². The van der Waals surface area contributed by atoms with Gasteiger partial charge in [0.05, 0.1) is 10.8 Å². The molecule has 0 atom stereocenters. The number of halogens is 1. The van der Waals surface area contributed by atoms with E-state index in [4.69, 9.17) is 0 Å². The van der Waals surface area contributed by atoms with Crippen molar-refractivity contribution >= 4 is 39.1 Å². The van der Waals surface area contributed by atoms with Gasteiger partial charge in [0.25, 0.3) is 5.69 Å². The highest BCUT2D eigenvalue weighted by Gasteiger charge is 2.24. The molecule has 1 saturated heterocycles. The number of hydrogen-bond acceptors (Lipinski definition) is 4. The van der Waals surface area contributed by atoms with Crippen LogP contribution in [0.2, 0.25) is 0 Å². The number of hydrogen-bond donors (Lipinski definition) is 0. The zero-order valence-corrected chi connectivity index (χ0v) is 10.3. The molecule has 0 amide bonds. The highest BCUT2D eigenvalue weighted by atomic mass is 79.9. The number of rotatable bonds is 2. The molecule has 0 aliphatic carbocycles. The van der Waals surface area contributed by atoms with Crippen LogP contribution < -0.4 is 4.90 Å². The topological polar surface area (TPSA) is 46.4 Å². The first-order valence-electron chi connectivity index (χ1n) is 4.46. The Labute approximate surface area is 99.9 Å². The van der Waals surface area contributed by atoms with Crippen molar-refractivity contribution in [2.24, 2.45) is 0 Å². The lowest BCUT2D eigenvalue weighted by atomic mass is 10.2. The van der Waals surface area contributed by atoms with E-state index in [9.17, 15) is 10.1 Å². The van der Waals surface area contributed by atoms with Crippen molar-refractivity contribution in [3.8, 4) is 0 Å². The van der Waals surface area contributed by atoms with Crippen LogP contribution in [-0.2, 0) is 0 Å². The van der Waals surface area contributed by atoms with Gasteiger partial charge < -0.3 is 4.90 Å². The summed E-state index contributed by atoms with van der Waals surface area (Å²) in [4.78, 5) is 12.6. The first kappa shape index (κ1) is 10.8. The smallest absolute Gasteiger partial charge is 0.293 e. The van der Waals surface area contributed by atoms with Crippen LogP contribution in [0.15, 0.2) is 22.7 Å². The van der Waals surface area contributed by atoms with E-state index in [1.165, 1.54) is 0 Å². The summed E-state index contributed by atoms with van der Waals surface area (Å²) < 4.78 is 0.791. The largest absolute Gasteiger partial charge is 0.355 e. The van der Waals surface area contributed by atoms with Gasteiger partial charge in [0.1, 0.15) is 5.69 Å². The van der Waals surface area contributed by atoms with E-state index in [-0.39, 0.29) is 10.6 Å². The van der Waals surface area contributed by atoms with Crippen LogP contribution in [0, 0.1) is 10.1 Å². The number of anilines is 1. The standard InChI is InChI=1S/C9H9BrN2O2S/c10-7-2-1-3-8(12(13)14)9(7)11-4-5-15-6-11/h1-3H,4-6H2. The Balaban J connectivity index is 2.46. The van der Waals surface area contributed by atoms with Crippen LogP contribution in [0.5, 0.6) is 0 Å². The summed E-state index contributed by atoms with van der Waals surface area (Å²) in [7, 11) is 0. The molecule has 80 valence electrons. The van der Waals surface area contributed by atoms with Crippen LogP contribution in [0.3, 0.4) is 0 Å². The monoisotopic (exact) mass is 288 g/mol. The predicted octanol–water partition coefficient (Wildman–Crippen LogP) is 2.87. The molecule has 0 unspecified atom stereocenters. The molecule has 0 spiro atoms. The molecule has 15 heavy (non-hydrogen) atoms. The number of benzene rings is 1. The van der Waals surface area contributed by atoms with E-state index in [0.29, 0.717) is 5.69 Å². The minimum absolute atomic E-state index is 0.173. The van der Waals surface area contributed by atoms with E-state index < -0.39 is 0 Å². The fourth-order valence-electron chi connectivity index (χ4n) is 1.55. The molecule has 6 heteroatoms. The Bertz CT molecular complexity index is 394. The lowest BCUT2D eigenvalue weighted by Crippen LogP contribution is -2.19. The number of para-hydroxylation sites is 1. The third-order valence-corrected chi connectivity index (χ3v) is 3.84. The highest BCUT2D eigenvalue weighted by molar-refractivity contribution is 9.10. The van der Waals surface area contributed by atoms with Gasteiger partial charge in [-0.15, -0.1) is 11.8 Å². The second-order valence-corrected chi connectivity index (χ2v) is 5.09. The lowest BCUT2D eigenvalue weighted by molar-refractivity contribution is -0.384. The maximum absolute atomic E-state index is 10.9. The average molecular weight is 289 g/mol. The van der Waals surface area contributed by atoms with Gasteiger partial charge in [-0.2, -0.15) is 0 Å². The summed E-state index contributed by atoms with van der Waals surface area (Å²) in [6, 6.07) is 5.07. The third kappa shape index (κ3) is 2.10. The summed E-state index contributed by atoms with van der Waals surface area (Å²) in [6.45, 7) is 0.869. The molecule has 0 bridgehead atoms. The van der Waals surface area contributed by atoms with E-state index in [0.717, 1.165) is 22.6 Å². The van der Waals surface area contributed by atoms with Crippen molar-refractivity contribution < 1.29 is 4.92 Å². The van der Waals surface area contributed by atoms with E-state index >= 15 is 0 Å². The summed E-state index contributed by atoms with van der Waals surface area (Å²) >= 11 is 5.16. The normalized spacial score (nSPS) is 15.7. The number of thioether (sulfide) groups is 1. The minimum atomic E-state index is -0.330. The number of nitro groups is 1. The maximum atomic E-state index is 10.9. The fourth-order valence-corrected chi connectivity index (χ4v) is 3.12. The Morgan fingerprint density at radius 2 is 2.33 bits per heavy atom. The van der Waals surface area contributed by atoms with E-state index in [2.05, 4.69) is 15.9 Å². The molecule has 0 saturated carbocycles. The molecule has 1 aliphatic rings. The molecule has 1 aromatic rings. The van der Waals surface area contributed by atoms with Gasteiger partial charge in [-0.25, -0.2) is 0 Å². The fraction of sp³-hybridized carbons (Fsp3) is 0.333. The van der Waals surface area contributed by atoms with Gasteiger partial charge in [-0.1, -0.05) is 6.07 Å². The molecule has 0 aromatic heterocycles. The molecule has 1 aliphatic heterocycles. The van der Waals surface area contributed by atoms with Crippen molar-refractivity contribution in [3.63, 3.8) is 0 Å². The molecule has 4 nitrogen and oxygen atoms in total. The van der Waals surface area contributed by atoms with Gasteiger partial charge in [-0.3, -0.25) is 10.1 Å². The quantitative estimate of drug-likeness (QED) is 0.620. The molecule has 1 fully saturated rings. The molecule has 2 rings (SSSR count). The molecule has 0 N–H and O–H groups in total. The van der Waals surface area contributed by atoms with Gasteiger partial charge in [0.2, 0.25) is 0 Å². The van der Waals surface area contributed by atoms with E-state index in [1.54, 1.807) is 23.9 Å². The summed E-state index contributed by atoms with van der Waals surface area (Å²) in [5.41, 5.74) is 0.874. The second kappa shape index (κ2) is 4.40. The van der Waals surface area contributed by atoms with E-state index in [1.807, 2.05) is 11.0 Å². The number of nitrogens with zero attached hydrogens (tertiary/aromatic N) is 2. The van der Waals surface area contributed by atoms with Crippen LogP contribution in [0.25, 0.3) is 0 Å². The minimum Gasteiger partial charge on any atom is -0.355 e. The van der Waals surface area contributed by atoms with Gasteiger partial charge in [0.15, 0.2) is 0 Å². The van der Waals surface area contributed by atoms with Crippen molar-refractivity contribution in [2.45, 2.75) is 0 Å². The summed E-state index contributed by atoms with van der Waals surface area (Å²) in [6.07, 6.45) is 0. The predicted molar refractivity (Wildman–Crippen MR) is 65.5 cm³/mol. The molecule has 1 aromatic carbocycles. The SMILES string of the molecule is O=[N+]([O-])c1cccc(Br)c1N1CCSC1. The zero-order chi connectivity index (χ0) is 10.8. The maximum Gasteiger partial charge on any atom is 0.293 e. The third-order valence-electron chi connectivity index (χ3n) is 2.23. The molecular formula is C9H9BrN2O2S. The van der Waals surface area contributed by atoms with Crippen molar-refractivity contribution in [2.75, 3.05) is 23.1 Å². The van der Waals surface area contributed by atoms with Crippen LogP contribution >= 0.6 is 27.7 Å². The van der Waals surface area contributed by atoms with Crippen molar-refractivity contribution in [1.29, 1.82) is 0 Å². The first-order chi connectivity index (χ1) is 7.20. The number of nitro benzene ring substituents is 1. The van der Waals surface area contributed by atoms with Crippen LogP contribution in [0.4, 0.5) is 11.4 Å². The Morgan fingerprint density at radius 1 is 1.53 bits per heavy atom. The Hall–Kier alpha value is -0.750.